The zero-order valence-electron chi connectivity index (χ0n) is 10.7. The number of methoxy groups -OCH3 is 1. The molecule has 0 aromatic heterocycles. The minimum atomic E-state index is -4.81. The maximum Gasteiger partial charge on any atom is 0.573 e. The van der Waals surface area contributed by atoms with Crippen LogP contribution in [0.15, 0.2) is 24.3 Å². The summed E-state index contributed by atoms with van der Waals surface area (Å²) in [6, 6.07) is 5.33. The van der Waals surface area contributed by atoms with Gasteiger partial charge in [-0.2, -0.15) is 0 Å². The average Bonchev–Trinajstić information content (AvgIpc) is 2.34. The molecule has 19 heavy (non-hydrogen) atoms. The molecule has 3 nitrogen and oxygen atoms in total. The first-order chi connectivity index (χ1) is 8.83. The van der Waals surface area contributed by atoms with E-state index in [0.717, 1.165) is 6.07 Å². The lowest BCUT2D eigenvalue weighted by Gasteiger charge is -2.13. The zero-order chi connectivity index (χ0) is 14.5. The molecule has 0 aliphatic carbocycles. The molecular weight excluding hydrogens is 261 g/mol. The van der Waals surface area contributed by atoms with E-state index in [0.29, 0.717) is 6.42 Å². The molecular formula is C13H15F3O3. The molecule has 0 spiro atoms. The molecule has 6 heteroatoms. The van der Waals surface area contributed by atoms with Gasteiger partial charge < -0.3 is 9.47 Å². The number of rotatable bonds is 6. The predicted molar refractivity (Wildman–Crippen MR) is 63.2 cm³/mol. The number of hydrogen-bond acceptors (Lipinski definition) is 3. The van der Waals surface area contributed by atoms with Gasteiger partial charge in [0, 0.05) is 13.5 Å². The molecule has 1 rings (SSSR count). The smallest absolute Gasteiger partial charge is 0.405 e. The Balaban J connectivity index is 2.79. The van der Waals surface area contributed by atoms with Gasteiger partial charge in [0.25, 0.3) is 0 Å². The number of ether oxygens (including phenoxy) is 2. The predicted octanol–water partition coefficient (Wildman–Crippen LogP) is 3.58. The van der Waals surface area contributed by atoms with Gasteiger partial charge in [0.2, 0.25) is 0 Å². The van der Waals surface area contributed by atoms with Crippen LogP contribution < -0.4 is 4.74 Å². The highest BCUT2D eigenvalue weighted by Gasteiger charge is 2.32. The van der Waals surface area contributed by atoms with Gasteiger partial charge in [0.15, 0.2) is 5.78 Å². The van der Waals surface area contributed by atoms with Crippen LogP contribution in [-0.2, 0) is 4.74 Å². The molecule has 1 unspecified atom stereocenters. The van der Waals surface area contributed by atoms with Gasteiger partial charge in [-0.05, 0) is 25.5 Å². The second-order valence-electron chi connectivity index (χ2n) is 4.05. The van der Waals surface area contributed by atoms with E-state index in [4.69, 9.17) is 4.74 Å². The number of Topliss-reactive ketones (excluding diaryl/α,β-unsaturated/α-hetero) is 1. The largest absolute Gasteiger partial charge is 0.573 e. The lowest BCUT2D eigenvalue weighted by molar-refractivity contribution is -0.274. The third-order valence-corrected chi connectivity index (χ3v) is 2.59. The molecule has 1 atom stereocenters. The van der Waals surface area contributed by atoms with E-state index in [1.165, 1.54) is 25.3 Å². The zero-order valence-corrected chi connectivity index (χ0v) is 10.7. The second-order valence-corrected chi connectivity index (χ2v) is 4.05. The van der Waals surface area contributed by atoms with E-state index in [-0.39, 0.29) is 18.1 Å². The second kappa shape index (κ2) is 6.56. The molecule has 0 radical (unpaired) electrons. The quantitative estimate of drug-likeness (QED) is 0.745. The first kappa shape index (κ1) is 15.5. The van der Waals surface area contributed by atoms with E-state index in [9.17, 15) is 18.0 Å². The summed E-state index contributed by atoms with van der Waals surface area (Å²) >= 11 is 0. The van der Waals surface area contributed by atoms with E-state index in [1.807, 2.05) is 0 Å². The topological polar surface area (TPSA) is 35.5 Å². The van der Waals surface area contributed by atoms with Crippen molar-refractivity contribution >= 4 is 5.78 Å². The summed E-state index contributed by atoms with van der Waals surface area (Å²) in [6.07, 6.45) is -4.39. The Bertz CT molecular complexity index is 429. The molecule has 0 bridgehead atoms. The molecule has 0 amide bonds. The summed E-state index contributed by atoms with van der Waals surface area (Å²) < 4.78 is 45.4. The molecule has 0 N–H and O–H groups in total. The van der Waals surface area contributed by atoms with Crippen LogP contribution in [0.4, 0.5) is 13.2 Å². The Morgan fingerprint density at radius 1 is 1.32 bits per heavy atom. The van der Waals surface area contributed by atoms with Crippen molar-refractivity contribution in [2.75, 3.05) is 7.11 Å². The lowest BCUT2D eigenvalue weighted by atomic mass is 10.0. The van der Waals surface area contributed by atoms with Gasteiger partial charge in [0.05, 0.1) is 11.7 Å². The summed E-state index contributed by atoms with van der Waals surface area (Å²) in [5.41, 5.74) is -0.0665. The Kier molecular flexibility index (Phi) is 5.35. The van der Waals surface area contributed by atoms with Gasteiger partial charge in [-0.3, -0.25) is 4.79 Å². The van der Waals surface area contributed by atoms with Crippen LogP contribution >= 0.6 is 0 Å². The third-order valence-electron chi connectivity index (χ3n) is 2.59. The maximum atomic E-state index is 12.2. The number of hydrogen-bond donors (Lipinski definition) is 0. The number of carbonyl (C=O) groups is 1. The average molecular weight is 276 g/mol. The fraction of sp³-hybridized carbons (Fsp3) is 0.462. The molecule has 1 aromatic carbocycles. The molecule has 1 aromatic rings. The SMILES string of the molecule is COC(C)CCC(=O)c1ccccc1OC(F)(F)F. The highest BCUT2D eigenvalue weighted by atomic mass is 19.4. The van der Waals surface area contributed by atoms with Crippen molar-refractivity contribution in [3.8, 4) is 5.75 Å². The van der Waals surface area contributed by atoms with Crippen molar-refractivity contribution in [2.45, 2.75) is 32.2 Å². The fourth-order valence-electron chi connectivity index (χ4n) is 1.50. The minimum Gasteiger partial charge on any atom is -0.405 e. The Hall–Kier alpha value is -1.56. The van der Waals surface area contributed by atoms with Gasteiger partial charge in [-0.15, -0.1) is 13.2 Å². The highest BCUT2D eigenvalue weighted by Crippen LogP contribution is 2.27. The van der Waals surface area contributed by atoms with Crippen LogP contribution in [0, 0.1) is 0 Å². The number of carbonyl (C=O) groups excluding carboxylic acids is 1. The molecule has 0 aliphatic heterocycles. The standard InChI is InChI=1S/C13H15F3O3/c1-9(18-2)7-8-11(17)10-5-3-4-6-12(10)19-13(14,15)16/h3-6,9H,7-8H2,1-2H3. The van der Waals surface area contributed by atoms with Crippen molar-refractivity contribution in [2.24, 2.45) is 0 Å². The highest BCUT2D eigenvalue weighted by molar-refractivity contribution is 5.98. The summed E-state index contributed by atoms with van der Waals surface area (Å²) in [5.74, 6) is -0.867. The molecule has 0 fully saturated rings. The number of benzene rings is 1. The number of halogens is 3. The van der Waals surface area contributed by atoms with Crippen molar-refractivity contribution in [3.63, 3.8) is 0 Å². The Labute approximate surface area is 109 Å². The number of ketones is 1. The first-order valence-corrected chi connectivity index (χ1v) is 5.74. The van der Waals surface area contributed by atoms with Crippen molar-refractivity contribution in [1.82, 2.24) is 0 Å². The normalized spacial score (nSPS) is 13.1. The molecule has 0 saturated carbocycles. The summed E-state index contributed by atoms with van der Waals surface area (Å²) in [7, 11) is 1.51. The minimum absolute atomic E-state index is 0.0665. The molecule has 106 valence electrons. The molecule has 0 aliphatic rings. The van der Waals surface area contributed by atoms with Gasteiger partial charge in [-0.25, -0.2) is 0 Å². The molecule has 0 heterocycles. The summed E-state index contributed by atoms with van der Waals surface area (Å²) in [6.45, 7) is 1.78. The van der Waals surface area contributed by atoms with Gasteiger partial charge in [0.1, 0.15) is 5.75 Å². The van der Waals surface area contributed by atoms with Crippen LogP contribution in [0.1, 0.15) is 30.1 Å². The van der Waals surface area contributed by atoms with Crippen LogP contribution in [0.5, 0.6) is 5.75 Å². The third kappa shape index (κ3) is 5.30. The number of alkyl halides is 3. The lowest BCUT2D eigenvalue weighted by Crippen LogP contribution is -2.19. The van der Waals surface area contributed by atoms with Crippen LogP contribution in [0.25, 0.3) is 0 Å². The van der Waals surface area contributed by atoms with Gasteiger partial charge in [-0.1, -0.05) is 12.1 Å². The summed E-state index contributed by atoms with van der Waals surface area (Å²) in [4.78, 5) is 11.9. The summed E-state index contributed by atoms with van der Waals surface area (Å²) in [5, 5.41) is 0. The molecule has 0 saturated heterocycles. The Morgan fingerprint density at radius 3 is 2.53 bits per heavy atom. The van der Waals surface area contributed by atoms with Crippen LogP contribution in [0.2, 0.25) is 0 Å². The van der Waals surface area contributed by atoms with E-state index in [1.54, 1.807) is 6.92 Å². The van der Waals surface area contributed by atoms with E-state index >= 15 is 0 Å². The maximum absolute atomic E-state index is 12.2. The monoisotopic (exact) mass is 276 g/mol. The fourth-order valence-corrected chi connectivity index (χ4v) is 1.50. The van der Waals surface area contributed by atoms with Crippen molar-refractivity contribution in [1.29, 1.82) is 0 Å². The van der Waals surface area contributed by atoms with Gasteiger partial charge >= 0.3 is 6.36 Å². The van der Waals surface area contributed by atoms with Crippen molar-refractivity contribution in [3.05, 3.63) is 29.8 Å². The van der Waals surface area contributed by atoms with Crippen LogP contribution in [0.3, 0.4) is 0 Å². The first-order valence-electron chi connectivity index (χ1n) is 5.74. The Morgan fingerprint density at radius 2 is 1.95 bits per heavy atom. The van der Waals surface area contributed by atoms with E-state index < -0.39 is 17.9 Å². The van der Waals surface area contributed by atoms with Crippen molar-refractivity contribution < 1.29 is 27.4 Å². The number of para-hydroxylation sites is 1. The van der Waals surface area contributed by atoms with E-state index in [2.05, 4.69) is 4.74 Å². The van der Waals surface area contributed by atoms with Crippen LogP contribution in [-0.4, -0.2) is 25.4 Å².